The van der Waals surface area contributed by atoms with Crippen LogP contribution in [0.5, 0.6) is 5.19 Å². The molecule has 0 bridgehead atoms. The first kappa shape index (κ1) is 25.8. The second kappa shape index (κ2) is 10.5. The number of carbonyl (C=O) groups excluding carboxylic acids is 1. The Balaban J connectivity index is 1.47. The normalized spacial score (nSPS) is 14.9. The molecule has 38 heavy (non-hydrogen) atoms. The van der Waals surface area contributed by atoms with Gasteiger partial charge in [-0.15, -0.1) is 0 Å². The van der Waals surface area contributed by atoms with Crippen LogP contribution in [0.25, 0.3) is 32.6 Å². The maximum Gasteiger partial charge on any atom is 0.321 e. The minimum Gasteiger partial charge on any atom is -0.481 e. The Morgan fingerprint density at radius 3 is 2.53 bits per heavy atom. The molecular formula is C25H27N7O4S2. The highest BCUT2D eigenvalue weighted by atomic mass is 32.1. The minimum atomic E-state index is -0.760. The maximum atomic E-state index is 12.1. The number of carbonyl (C=O) groups is 2. The number of hydrogen-bond donors (Lipinski definition) is 3. The number of ether oxygens (including phenoxy) is 1. The number of piperidine rings is 1. The summed E-state index contributed by atoms with van der Waals surface area (Å²) < 4.78 is 6.19. The summed E-state index contributed by atoms with van der Waals surface area (Å²) in [6, 6.07) is 3.65. The van der Waals surface area contributed by atoms with Crippen molar-refractivity contribution in [3.63, 3.8) is 0 Å². The fourth-order valence-corrected chi connectivity index (χ4v) is 5.87. The van der Waals surface area contributed by atoms with Crippen molar-refractivity contribution in [1.29, 1.82) is 0 Å². The number of nitrogens with zero attached hydrogens (tertiary/aromatic N) is 5. The molecule has 0 radical (unpaired) electrons. The molecule has 1 aliphatic heterocycles. The van der Waals surface area contributed by atoms with Crippen molar-refractivity contribution >= 4 is 56.0 Å². The van der Waals surface area contributed by atoms with Crippen molar-refractivity contribution in [3.05, 3.63) is 29.9 Å². The molecule has 0 saturated carbocycles. The second-order valence-corrected chi connectivity index (χ2v) is 11.0. The van der Waals surface area contributed by atoms with E-state index in [1.54, 1.807) is 26.4 Å². The van der Waals surface area contributed by atoms with E-state index in [4.69, 9.17) is 4.74 Å². The Hall–Kier alpha value is -3.84. The third kappa shape index (κ3) is 5.11. The number of amides is 2. The number of thiazole rings is 2. The topological polar surface area (TPSA) is 142 Å². The van der Waals surface area contributed by atoms with Crippen molar-refractivity contribution in [2.45, 2.75) is 26.7 Å². The first-order chi connectivity index (χ1) is 18.3. The van der Waals surface area contributed by atoms with Crippen molar-refractivity contribution in [2.75, 3.05) is 37.0 Å². The van der Waals surface area contributed by atoms with Crippen LogP contribution in [0.1, 0.15) is 26.7 Å². The number of anilines is 2. The number of carboxylic acids is 1. The summed E-state index contributed by atoms with van der Waals surface area (Å²) in [5.74, 6) is -0.183. The fraction of sp³-hybridized carbons (Fsp3) is 0.360. The standard InChI is InChI=1S/C25H27N7O4S2/c1-4-26-22(35)31-23-29-17-10-14(9-16(19(17)38-23)18-13-37-24(30-18)36-3)15-11-27-21(28-12-15)32-7-5-25(2,6-8-32)20(33)34/h9-13H,4-8H2,1-3H3,(H,33,34)(H2,26,29,31,35). The van der Waals surface area contributed by atoms with Crippen LogP contribution in [0.2, 0.25) is 0 Å². The van der Waals surface area contributed by atoms with Gasteiger partial charge in [0.1, 0.15) is 0 Å². The number of aliphatic carboxylic acids is 1. The SMILES string of the molecule is CCNC(=O)Nc1nc2cc(-c3cnc(N4CCC(C)(C(=O)O)CC4)nc3)cc(-c3csc(OC)n3)c2s1. The number of rotatable bonds is 7. The summed E-state index contributed by atoms with van der Waals surface area (Å²) in [5, 5.41) is 18.0. The van der Waals surface area contributed by atoms with Gasteiger partial charge >= 0.3 is 12.0 Å². The van der Waals surface area contributed by atoms with Gasteiger partial charge in [0.15, 0.2) is 5.13 Å². The zero-order valence-electron chi connectivity index (χ0n) is 21.1. The molecule has 4 aromatic rings. The minimum absolute atomic E-state index is 0.311. The van der Waals surface area contributed by atoms with Gasteiger partial charge in [-0.3, -0.25) is 10.1 Å². The molecule has 2 amide bonds. The van der Waals surface area contributed by atoms with Crippen LogP contribution in [0, 0.1) is 5.41 Å². The third-order valence-corrected chi connectivity index (χ3v) is 8.44. The quantitative estimate of drug-likeness (QED) is 0.296. The van der Waals surface area contributed by atoms with E-state index in [1.807, 2.05) is 29.3 Å². The lowest BCUT2D eigenvalue weighted by Crippen LogP contribution is -2.43. The fourth-order valence-electron chi connectivity index (χ4n) is 4.27. The van der Waals surface area contributed by atoms with Crippen LogP contribution in [0.15, 0.2) is 29.9 Å². The maximum absolute atomic E-state index is 12.1. The predicted octanol–water partition coefficient (Wildman–Crippen LogP) is 4.72. The van der Waals surface area contributed by atoms with Crippen LogP contribution in [-0.2, 0) is 4.79 Å². The molecule has 1 aromatic carbocycles. The number of urea groups is 1. The first-order valence-electron chi connectivity index (χ1n) is 12.1. The van der Waals surface area contributed by atoms with Gasteiger partial charge in [-0.05, 0) is 44.4 Å². The van der Waals surface area contributed by atoms with Gasteiger partial charge in [-0.2, -0.15) is 0 Å². The van der Waals surface area contributed by atoms with Gasteiger partial charge in [0.05, 0.1) is 28.4 Å². The summed E-state index contributed by atoms with van der Waals surface area (Å²) in [7, 11) is 1.58. The molecule has 1 fully saturated rings. The number of methoxy groups -OCH3 is 1. The highest BCUT2D eigenvalue weighted by Crippen LogP contribution is 2.40. The molecule has 0 spiro atoms. The van der Waals surface area contributed by atoms with E-state index in [2.05, 4.69) is 30.6 Å². The lowest BCUT2D eigenvalue weighted by molar-refractivity contribution is -0.149. The molecule has 11 nitrogen and oxygen atoms in total. The van der Waals surface area contributed by atoms with Gasteiger partial charge < -0.3 is 20.1 Å². The molecule has 1 saturated heterocycles. The number of nitrogens with one attached hydrogen (secondary N) is 2. The predicted molar refractivity (Wildman–Crippen MR) is 148 cm³/mol. The van der Waals surface area contributed by atoms with Crippen LogP contribution < -0.4 is 20.3 Å². The van der Waals surface area contributed by atoms with Crippen LogP contribution in [-0.4, -0.2) is 63.8 Å². The summed E-state index contributed by atoms with van der Waals surface area (Å²) >= 11 is 2.78. The van der Waals surface area contributed by atoms with Crippen molar-refractivity contribution < 1.29 is 19.4 Å². The highest BCUT2D eigenvalue weighted by Gasteiger charge is 2.37. The molecule has 0 unspecified atom stereocenters. The van der Waals surface area contributed by atoms with E-state index >= 15 is 0 Å². The first-order valence-corrected chi connectivity index (χ1v) is 13.8. The Kier molecular flexibility index (Phi) is 7.13. The van der Waals surface area contributed by atoms with Gasteiger partial charge in [-0.25, -0.2) is 24.7 Å². The Bertz CT molecular complexity index is 1480. The molecular weight excluding hydrogens is 526 g/mol. The molecule has 3 N–H and O–H groups in total. The zero-order valence-corrected chi connectivity index (χ0v) is 22.8. The van der Waals surface area contributed by atoms with Gasteiger partial charge in [-0.1, -0.05) is 22.7 Å². The van der Waals surface area contributed by atoms with E-state index in [9.17, 15) is 14.7 Å². The van der Waals surface area contributed by atoms with Crippen molar-refractivity contribution in [2.24, 2.45) is 5.41 Å². The number of carboxylic acid groups (broad SMARTS) is 1. The lowest BCUT2D eigenvalue weighted by Gasteiger charge is -2.36. The molecule has 13 heteroatoms. The summed E-state index contributed by atoms with van der Waals surface area (Å²) in [6.45, 7) is 5.33. The van der Waals surface area contributed by atoms with Crippen LogP contribution in [0.4, 0.5) is 15.9 Å². The van der Waals surface area contributed by atoms with Crippen molar-refractivity contribution in [3.8, 4) is 27.6 Å². The van der Waals surface area contributed by atoms with E-state index < -0.39 is 11.4 Å². The molecule has 0 aliphatic carbocycles. The van der Waals surface area contributed by atoms with Crippen molar-refractivity contribution in [1.82, 2.24) is 25.3 Å². The van der Waals surface area contributed by atoms with E-state index in [0.717, 1.165) is 27.1 Å². The number of aromatic nitrogens is 4. The van der Waals surface area contributed by atoms with Gasteiger partial charge in [0.25, 0.3) is 5.19 Å². The largest absolute Gasteiger partial charge is 0.481 e. The summed E-state index contributed by atoms with van der Waals surface area (Å²) in [6.07, 6.45) is 4.61. The molecule has 198 valence electrons. The average Bonchev–Trinajstić information content (AvgIpc) is 3.55. The molecule has 3 aromatic heterocycles. The van der Waals surface area contributed by atoms with Crippen LogP contribution >= 0.6 is 22.7 Å². The lowest BCUT2D eigenvalue weighted by atomic mass is 9.80. The monoisotopic (exact) mass is 553 g/mol. The third-order valence-electron chi connectivity index (χ3n) is 6.62. The van der Waals surface area contributed by atoms with E-state index in [0.29, 0.717) is 54.3 Å². The van der Waals surface area contributed by atoms with Gasteiger partial charge in [0, 0.05) is 48.5 Å². The molecule has 1 aliphatic rings. The Morgan fingerprint density at radius 1 is 1.16 bits per heavy atom. The zero-order chi connectivity index (χ0) is 26.9. The molecule has 0 atom stereocenters. The average molecular weight is 554 g/mol. The number of benzene rings is 1. The number of fused-ring (bicyclic) bond motifs is 1. The Labute approximate surface area is 226 Å². The summed E-state index contributed by atoms with van der Waals surface area (Å²) in [4.78, 5) is 44.0. The second-order valence-electron chi connectivity index (χ2n) is 9.20. The molecule has 5 rings (SSSR count). The number of hydrogen-bond acceptors (Lipinski definition) is 10. The molecule has 4 heterocycles. The summed E-state index contributed by atoms with van der Waals surface area (Å²) in [5.41, 5.74) is 3.29. The van der Waals surface area contributed by atoms with E-state index in [1.165, 1.54) is 22.7 Å². The van der Waals surface area contributed by atoms with E-state index in [-0.39, 0.29) is 6.03 Å². The smallest absolute Gasteiger partial charge is 0.321 e. The van der Waals surface area contributed by atoms with Gasteiger partial charge in [0.2, 0.25) is 5.95 Å². The Morgan fingerprint density at radius 2 is 1.89 bits per heavy atom. The highest BCUT2D eigenvalue weighted by molar-refractivity contribution is 7.23. The van der Waals surface area contributed by atoms with Crippen LogP contribution in [0.3, 0.4) is 0 Å².